The van der Waals surface area contributed by atoms with E-state index in [-0.39, 0.29) is 59.4 Å². The number of hydrogen-bond donors (Lipinski definition) is 1. The normalized spacial score (nSPS) is 36.5. The molecule has 0 aromatic carbocycles. The Labute approximate surface area is 163 Å². The molecule has 4 rings (SSSR count). The fraction of sp³-hybridized carbons (Fsp3) is 0.588. The predicted octanol–water partition coefficient (Wildman–Crippen LogP) is -2.71. The minimum atomic E-state index is -1.10. The van der Waals surface area contributed by atoms with Crippen LogP contribution in [-0.2, 0) is 9.59 Å². The standard InChI is InChI=1S/C17H21N3O3.Na/c21-16(14-10-5-6-11(9-10)15(14)17(22)23)19-12-3-1-4-13(12)20-8-2-7-18-20;/h2,5-8,10-15H,1,3-4,9H2,(H,19,21)(H,22,23);/q;+1/p-1/t10-,11+,12-,13+,14-,15+;/m1./s1. The first kappa shape index (κ1) is 17.7. The van der Waals surface area contributed by atoms with E-state index in [0.717, 1.165) is 25.7 Å². The summed E-state index contributed by atoms with van der Waals surface area (Å²) in [6.07, 6.45) is 11.3. The second-order valence-corrected chi connectivity index (χ2v) is 6.92. The Bertz CT molecular complexity index is 646. The molecule has 1 amide bonds. The van der Waals surface area contributed by atoms with Crippen molar-refractivity contribution in [2.24, 2.45) is 23.7 Å². The number of rotatable bonds is 4. The average Bonchev–Trinajstić information content (AvgIpc) is 3.28. The summed E-state index contributed by atoms with van der Waals surface area (Å²) >= 11 is 0. The number of carbonyl (C=O) groups is 2. The van der Waals surface area contributed by atoms with Gasteiger partial charge in [-0.15, -0.1) is 0 Å². The Balaban J connectivity index is 0.00000169. The van der Waals surface area contributed by atoms with Crippen molar-refractivity contribution in [3.63, 3.8) is 0 Å². The minimum Gasteiger partial charge on any atom is -0.550 e. The second kappa shape index (κ2) is 7.02. The molecule has 7 heteroatoms. The third-order valence-corrected chi connectivity index (χ3v) is 5.71. The maximum absolute atomic E-state index is 12.8. The van der Waals surface area contributed by atoms with E-state index >= 15 is 0 Å². The molecule has 2 saturated carbocycles. The van der Waals surface area contributed by atoms with Crippen LogP contribution >= 0.6 is 0 Å². The zero-order valence-corrected chi connectivity index (χ0v) is 15.8. The molecule has 0 spiro atoms. The van der Waals surface area contributed by atoms with Crippen LogP contribution in [0, 0.1) is 23.7 Å². The number of carboxylic acid groups (broad SMARTS) is 1. The van der Waals surface area contributed by atoms with Crippen LogP contribution in [-0.4, -0.2) is 27.7 Å². The van der Waals surface area contributed by atoms with Crippen molar-refractivity contribution in [2.75, 3.05) is 0 Å². The maximum Gasteiger partial charge on any atom is 1.00 e. The van der Waals surface area contributed by atoms with Crippen molar-refractivity contribution in [1.29, 1.82) is 0 Å². The summed E-state index contributed by atoms with van der Waals surface area (Å²) in [7, 11) is 0. The Morgan fingerprint density at radius 2 is 1.92 bits per heavy atom. The fourth-order valence-electron chi connectivity index (χ4n) is 4.68. The predicted molar refractivity (Wildman–Crippen MR) is 79.8 cm³/mol. The molecule has 122 valence electrons. The summed E-state index contributed by atoms with van der Waals surface area (Å²) in [4.78, 5) is 24.2. The zero-order valence-electron chi connectivity index (χ0n) is 13.8. The van der Waals surface area contributed by atoms with Crippen LogP contribution in [0.15, 0.2) is 30.6 Å². The molecular weight excluding hydrogens is 317 g/mol. The third-order valence-electron chi connectivity index (χ3n) is 5.71. The molecule has 0 aliphatic heterocycles. The number of amides is 1. The maximum atomic E-state index is 12.8. The fourth-order valence-corrected chi connectivity index (χ4v) is 4.68. The first-order valence-corrected chi connectivity index (χ1v) is 8.34. The van der Waals surface area contributed by atoms with Gasteiger partial charge in [-0.25, -0.2) is 0 Å². The summed E-state index contributed by atoms with van der Waals surface area (Å²) in [5, 5.41) is 18.8. The topological polar surface area (TPSA) is 87.0 Å². The number of carboxylic acids is 1. The van der Waals surface area contributed by atoms with Gasteiger partial charge >= 0.3 is 29.6 Å². The average molecular weight is 337 g/mol. The first-order valence-electron chi connectivity index (χ1n) is 8.34. The van der Waals surface area contributed by atoms with Crippen molar-refractivity contribution in [2.45, 2.75) is 37.8 Å². The van der Waals surface area contributed by atoms with Gasteiger partial charge in [0, 0.05) is 24.3 Å². The zero-order chi connectivity index (χ0) is 16.0. The Hall–Kier alpha value is -1.11. The van der Waals surface area contributed by atoms with Gasteiger partial charge in [-0.1, -0.05) is 12.2 Å². The molecule has 0 unspecified atom stereocenters. The molecule has 0 saturated heterocycles. The molecule has 3 aliphatic carbocycles. The number of carbonyl (C=O) groups excluding carboxylic acids is 2. The van der Waals surface area contributed by atoms with Crippen molar-refractivity contribution >= 4 is 11.9 Å². The van der Waals surface area contributed by atoms with Gasteiger partial charge in [0.25, 0.3) is 0 Å². The number of nitrogens with one attached hydrogen (secondary N) is 1. The SMILES string of the molecule is O=C([O-])[C@@H]1[C@H](C(=O)N[C@@H]2CCC[C@@H]2n2cccn2)[C@@H]2C=C[C@H]1C2.[Na+]. The second-order valence-electron chi connectivity index (χ2n) is 6.92. The van der Waals surface area contributed by atoms with Crippen LogP contribution in [0.5, 0.6) is 0 Å². The summed E-state index contributed by atoms with van der Waals surface area (Å²) in [6, 6.07) is 2.06. The molecule has 3 aliphatic rings. The molecule has 6 nitrogen and oxygen atoms in total. The van der Waals surface area contributed by atoms with Crippen molar-refractivity contribution < 1.29 is 44.3 Å². The number of nitrogens with zero attached hydrogens (tertiary/aromatic N) is 2. The molecule has 1 aromatic rings. The summed E-state index contributed by atoms with van der Waals surface area (Å²) in [5.74, 6) is -2.43. The van der Waals surface area contributed by atoms with Gasteiger partial charge in [0.05, 0.1) is 18.0 Å². The summed E-state index contributed by atoms with van der Waals surface area (Å²) < 4.78 is 1.90. The van der Waals surface area contributed by atoms with Crippen molar-refractivity contribution in [3.8, 4) is 0 Å². The minimum absolute atomic E-state index is 0. The van der Waals surface area contributed by atoms with Gasteiger partial charge in [-0.05, 0) is 43.6 Å². The number of aromatic nitrogens is 2. The molecular formula is C17H20N3NaO3. The summed E-state index contributed by atoms with van der Waals surface area (Å²) in [5.41, 5.74) is 0. The van der Waals surface area contributed by atoms with Crippen LogP contribution in [0.4, 0.5) is 0 Å². The molecule has 24 heavy (non-hydrogen) atoms. The van der Waals surface area contributed by atoms with E-state index in [2.05, 4.69) is 10.4 Å². The summed E-state index contributed by atoms with van der Waals surface area (Å²) in [6.45, 7) is 0. The Kier molecular flexibility index (Phi) is 5.18. The van der Waals surface area contributed by atoms with Gasteiger partial charge in [0.15, 0.2) is 0 Å². The van der Waals surface area contributed by atoms with Gasteiger partial charge in [-0.2, -0.15) is 5.10 Å². The Morgan fingerprint density at radius 3 is 2.58 bits per heavy atom. The molecule has 1 heterocycles. The smallest absolute Gasteiger partial charge is 0.550 e. The van der Waals surface area contributed by atoms with Gasteiger partial charge < -0.3 is 15.2 Å². The van der Waals surface area contributed by atoms with Crippen molar-refractivity contribution in [3.05, 3.63) is 30.6 Å². The van der Waals surface area contributed by atoms with E-state index in [1.54, 1.807) is 6.20 Å². The Morgan fingerprint density at radius 1 is 1.17 bits per heavy atom. The molecule has 1 aromatic heterocycles. The van der Waals surface area contributed by atoms with Crippen LogP contribution in [0.25, 0.3) is 0 Å². The van der Waals surface area contributed by atoms with E-state index in [4.69, 9.17) is 0 Å². The van der Waals surface area contributed by atoms with Gasteiger partial charge in [0.1, 0.15) is 0 Å². The monoisotopic (exact) mass is 337 g/mol. The van der Waals surface area contributed by atoms with Crippen LogP contribution < -0.4 is 40.0 Å². The largest absolute Gasteiger partial charge is 1.00 e. The third kappa shape index (κ3) is 2.95. The van der Waals surface area contributed by atoms with Crippen LogP contribution in [0.1, 0.15) is 31.7 Å². The molecule has 2 fully saturated rings. The van der Waals surface area contributed by atoms with E-state index in [9.17, 15) is 14.7 Å². The number of fused-ring (bicyclic) bond motifs is 2. The first-order chi connectivity index (χ1) is 11.1. The van der Waals surface area contributed by atoms with E-state index in [1.807, 2.05) is 29.1 Å². The van der Waals surface area contributed by atoms with E-state index in [0.29, 0.717) is 0 Å². The molecule has 1 N–H and O–H groups in total. The number of aliphatic carboxylic acids is 1. The molecule has 6 atom stereocenters. The van der Waals surface area contributed by atoms with Gasteiger partial charge in [-0.3, -0.25) is 9.48 Å². The van der Waals surface area contributed by atoms with Crippen LogP contribution in [0.2, 0.25) is 0 Å². The van der Waals surface area contributed by atoms with E-state index in [1.165, 1.54) is 0 Å². The quantitative estimate of drug-likeness (QED) is 0.478. The van der Waals surface area contributed by atoms with Crippen molar-refractivity contribution in [1.82, 2.24) is 15.1 Å². The molecule has 0 radical (unpaired) electrons. The number of allylic oxidation sites excluding steroid dienone is 2. The molecule has 2 bridgehead atoms. The van der Waals surface area contributed by atoms with Crippen LogP contribution in [0.3, 0.4) is 0 Å². The van der Waals surface area contributed by atoms with Gasteiger partial charge in [0.2, 0.25) is 5.91 Å². The van der Waals surface area contributed by atoms with E-state index < -0.39 is 17.8 Å². The number of hydrogen-bond acceptors (Lipinski definition) is 4.